The number of hydrogen-bond donors (Lipinski definition) is 2. The van der Waals surface area contributed by atoms with Crippen molar-refractivity contribution in [1.82, 2.24) is 5.32 Å². The third-order valence-electron chi connectivity index (χ3n) is 3.54. The molecule has 1 aliphatic rings. The molecule has 16 heavy (non-hydrogen) atoms. The summed E-state index contributed by atoms with van der Waals surface area (Å²) in [5.41, 5.74) is 3.18. The van der Waals surface area contributed by atoms with Crippen molar-refractivity contribution < 1.29 is 0 Å². The Labute approximate surface area is 98.4 Å². The fraction of sp³-hybridized carbons (Fsp3) is 0.571. The highest BCUT2D eigenvalue weighted by Crippen LogP contribution is 2.44. The summed E-state index contributed by atoms with van der Waals surface area (Å²) >= 11 is 0. The van der Waals surface area contributed by atoms with Gasteiger partial charge in [-0.1, -0.05) is 19.1 Å². The van der Waals surface area contributed by atoms with E-state index in [1.54, 1.807) is 0 Å². The van der Waals surface area contributed by atoms with E-state index in [4.69, 9.17) is 0 Å². The Morgan fingerprint density at radius 1 is 1.12 bits per heavy atom. The fourth-order valence-electron chi connectivity index (χ4n) is 2.12. The molecule has 0 heterocycles. The molecule has 2 nitrogen and oxygen atoms in total. The number of benzene rings is 1. The zero-order chi connectivity index (χ0) is 11.4. The molecule has 1 aromatic carbocycles. The van der Waals surface area contributed by atoms with Crippen LogP contribution in [0.5, 0.6) is 0 Å². The van der Waals surface area contributed by atoms with Crippen molar-refractivity contribution in [3.05, 3.63) is 29.8 Å². The Bertz CT molecular complexity index is 325. The van der Waals surface area contributed by atoms with E-state index in [0.29, 0.717) is 5.41 Å². The van der Waals surface area contributed by atoms with Crippen LogP contribution in [0.4, 0.5) is 5.69 Å². The van der Waals surface area contributed by atoms with Crippen LogP contribution in [0.2, 0.25) is 0 Å². The number of aryl methyl sites for hydroxylation is 1. The number of rotatable bonds is 6. The van der Waals surface area contributed by atoms with Crippen LogP contribution in [0.3, 0.4) is 0 Å². The molecular weight excluding hydrogens is 196 g/mol. The molecule has 1 saturated carbocycles. The largest absolute Gasteiger partial charge is 0.384 e. The molecule has 2 N–H and O–H groups in total. The third-order valence-corrected chi connectivity index (χ3v) is 3.54. The van der Waals surface area contributed by atoms with Crippen LogP contribution in [0.1, 0.15) is 25.3 Å². The zero-order valence-electron chi connectivity index (χ0n) is 10.3. The molecule has 0 aliphatic heterocycles. The van der Waals surface area contributed by atoms with Gasteiger partial charge in [0.15, 0.2) is 0 Å². The molecule has 88 valence electrons. The molecule has 0 atom stereocenters. The Morgan fingerprint density at radius 2 is 1.81 bits per heavy atom. The summed E-state index contributed by atoms with van der Waals surface area (Å²) in [5.74, 6) is 0. The van der Waals surface area contributed by atoms with E-state index in [-0.39, 0.29) is 0 Å². The van der Waals surface area contributed by atoms with Crippen molar-refractivity contribution in [2.45, 2.75) is 26.2 Å². The Morgan fingerprint density at radius 3 is 2.31 bits per heavy atom. The van der Waals surface area contributed by atoms with Gasteiger partial charge >= 0.3 is 0 Å². The summed E-state index contributed by atoms with van der Waals surface area (Å²) in [6.07, 6.45) is 3.83. The minimum Gasteiger partial charge on any atom is -0.384 e. The van der Waals surface area contributed by atoms with Gasteiger partial charge < -0.3 is 10.6 Å². The van der Waals surface area contributed by atoms with Crippen LogP contribution in [0.15, 0.2) is 24.3 Å². The van der Waals surface area contributed by atoms with E-state index in [1.807, 2.05) is 7.05 Å². The summed E-state index contributed by atoms with van der Waals surface area (Å²) in [6.45, 7) is 4.42. The molecule has 2 rings (SSSR count). The van der Waals surface area contributed by atoms with E-state index in [9.17, 15) is 0 Å². The summed E-state index contributed by atoms with van der Waals surface area (Å²) in [5, 5.41) is 6.83. The van der Waals surface area contributed by atoms with E-state index in [2.05, 4.69) is 41.8 Å². The first-order valence-electron chi connectivity index (χ1n) is 6.25. The highest BCUT2D eigenvalue weighted by Gasteiger charge is 2.41. The molecule has 2 heteroatoms. The second kappa shape index (κ2) is 4.88. The molecule has 1 aromatic rings. The number of nitrogens with one attached hydrogen (secondary N) is 2. The summed E-state index contributed by atoms with van der Waals surface area (Å²) in [4.78, 5) is 0. The molecule has 0 aromatic heterocycles. The molecule has 0 saturated heterocycles. The Balaban J connectivity index is 1.85. The van der Waals surface area contributed by atoms with Crippen LogP contribution in [0, 0.1) is 5.41 Å². The third kappa shape index (κ3) is 2.76. The van der Waals surface area contributed by atoms with Crippen molar-refractivity contribution in [2.24, 2.45) is 5.41 Å². The van der Waals surface area contributed by atoms with E-state index >= 15 is 0 Å². The van der Waals surface area contributed by atoms with E-state index in [0.717, 1.165) is 19.5 Å². The van der Waals surface area contributed by atoms with Crippen molar-refractivity contribution >= 4 is 5.69 Å². The average molecular weight is 218 g/mol. The van der Waals surface area contributed by atoms with Crippen molar-refractivity contribution in [2.75, 3.05) is 25.5 Å². The highest BCUT2D eigenvalue weighted by atomic mass is 14.9. The summed E-state index contributed by atoms with van der Waals surface area (Å²) < 4.78 is 0. The van der Waals surface area contributed by atoms with Crippen LogP contribution >= 0.6 is 0 Å². The van der Waals surface area contributed by atoms with Gasteiger partial charge in [0.25, 0.3) is 0 Å². The van der Waals surface area contributed by atoms with Gasteiger partial charge in [0.1, 0.15) is 0 Å². The van der Waals surface area contributed by atoms with Gasteiger partial charge in [0, 0.05) is 24.2 Å². The van der Waals surface area contributed by atoms with Crippen LogP contribution < -0.4 is 10.6 Å². The maximum Gasteiger partial charge on any atom is 0.0340 e. The molecule has 0 amide bonds. The second-order valence-corrected chi connectivity index (χ2v) is 4.93. The zero-order valence-corrected chi connectivity index (χ0v) is 10.3. The first-order chi connectivity index (χ1) is 7.78. The van der Waals surface area contributed by atoms with Gasteiger partial charge in [-0.05, 0) is 44.0 Å². The lowest BCUT2D eigenvalue weighted by molar-refractivity contribution is 0.507. The minimum atomic E-state index is 0.526. The molecule has 0 radical (unpaired) electrons. The number of hydrogen-bond acceptors (Lipinski definition) is 2. The first-order valence-corrected chi connectivity index (χ1v) is 6.25. The molecule has 0 bridgehead atoms. The van der Waals surface area contributed by atoms with Gasteiger partial charge in [0.2, 0.25) is 0 Å². The fourth-order valence-corrected chi connectivity index (χ4v) is 2.12. The standard InChI is InChI=1S/C14H22N2/c1-3-12-4-6-13(7-5-12)16-11-14(8-9-14)10-15-2/h4-7,15-16H,3,8-11H2,1-2H3. The van der Waals surface area contributed by atoms with Crippen molar-refractivity contribution in [1.29, 1.82) is 0 Å². The van der Waals surface area contributed by atoms with Gasteiger partial charge in [-0.15, -0.1) is 0 Å². The normalized spacial score (nSPS) is 17.1. The van der Waals surface area contributed by atoms with Crippen LogP contribution in [-0.4, -0.2) is 20.1 Å². The number of anilines is 1. The summed E-state index contributed by atoms with van der Waals surface area (Å²) in [7, 11) is 2.04. The highest BCUT2D eigenvalue weighted by molar-refractivity contribution is 5.45. The predicted octanol–water partition coefficient (Wildman–Crippen LogP) is 2.66. The monoisotopic (exact) mass is 218 g/mol. The van der Waals surface area contributed by atoms with Gasteiger partial charge in [-0.25, -0.2) is 0 Å². The second-order valence-electron chi connectivity index (χ2n) is 4.93. The van der Waals surface area contributed by atoms with Crippen molar-refractivity contribution in [3.63, 3.8) is 0 Å². The lowest BCUT2D eigenvalue weighted by Crippen LogP contribution is -2.26. The SMILES string of the molecule is CCc1ccc(NCC2(CNC)CC2)cc1. The van der Waals surface area contributed by atoms with Gasteiger partial charge in [-0.3, -0.25) is 0 Å². The first kappa shape index (κ1) is 11.5. The van der Waals surface area contributed by atoms with Gasteiger partial charge in [0.05, 0.1) is 0 Å². The topological polar surface area (TPSA) is 24.1 Å². The van der Waals surface area contributed by atoms with Crippen molar-refractivity contribution in [3.8, 4) is 0 Å². The van der Waals surface area contributed by atoms with Crippen LogP contribution in [0.25, 0.3) is 0 Å². The van der Waals surface area contributed by atoms with Crippen LogP contribution in [-0.2, 0) is 6.42 Å². The lowest BCUT2D eigenvalue weighted by Gasteiger charge is -2.16. The average Bonchev–Trinajstić information content (AvgIpc) is 3.08. The Hall–Kier alpha value is -1.02. The maximum absolute atomic E-state index is 3.54. The van der Waals surface area contributed by atoms with E-state index in [1.165, 1.54) is 24.1 Å². The predicted molar refractivity (Wildman–Crippen MR) is 69.9 cm³/mol. The molecule has 1 fully saturated rings. The van der Waals surface area contributed by atoms with Gasteiger partial charge in [-0.2, -0.15) is 0 Å². The quantitative estimate of drug-likeness (QED) is 0.767. The molecule has 0 spiro atoms. The summed E-state index contributed by atoms with van der Waals surface area (Å²) in [6, 6.07) is 8.79. The lowest BCUT2D eigenvalue weighted by atomic mass is 10.1. The molecular formula is C14H22N2. The Kier molecular flexibility index (Phi) is 3.49. The minimum absolute atomic E-state index is 0.526. The molecule has 0 unspecified atom stereocenters. The molecule has 1 aliphatic carbocycles. The smallest absolute Gasteiger partial charge is 0.0340 e. The maximum atomic E-state index is 3.54. The van der Waals surface area contributed by atoms with E-state index < -0.39 is 0 Å².